The number of fused-ring (bicyclic) bond motifs is 3. The molecule has 0 saturated carbocycles. The van der Waals surface area contributed by atoms with Crippen LogP contribution in [-0.2, 0) is 20.0 Å². The predicted octanol–water partition coefficient (Wildman–Crippen LogP) is 3.78. The highest BCUT2D eigenvalue weighted by atomic mass is 19.1. The van der Waals surface area contributed by atoms with E-state index in [0.29, 0.717) is 33.8 Å². The maximum Gasteiger partial charge on any atom is 0.291 e. The van der Waals surface area contributed by atoms with Crippen LogP contribution >= 0.6 is 0 Å². The number of nitrogens with zero attached hydrogens (tertiary/aromatic N) is 3. The van der Waals surface area contributed by atoms with Crippen molar-refractivity contribution in [1.29, 1.82) is 0 Å². The van der Waals surface area contributed by atoms with Crippen molar-refractivity contribution >= 4 is 21.8 Å². The molecule has 4 aromatic rings. The van der Waals surface area contributed by atoms with Crippen LogP contribution in [0.3, 0.4) is 0 Å². The standard InChI is InChI=1S/C20H17F2N3O/c1-3-12-8-18-14(9-17(12)22)15-10-23-25(20(26)19(15)24(18)2)11-13-6-4-5-7-16(13)21/h4-10H,3,11H2,1-2H3. The highest BCUT2D eigenvalue weighted by Crippen LogP contribution is 2.28. The minimum Gasteiger partial charge on any atom is -0.339 e. The van der Waals surface area contributed by atoms with Crippen molar-refractivity contribution in [3.63, 3.8) is 0 Å². The topological polar surface area (TPSA) is 39.8 Å². The first-order chi connectivity index (χ1) is 12.5. The summed E-state index contributed by atoms with van der Waals surface area (Å²) in [6, 6.07) is 9.52. The van der Waals surface area contributed by atoms with E-state index in [1.165, 1.54) is 16.8 Å². The van der Waals surface area contributed by atoms with Gasteiger partial charge in [0.2, 0.25) is 0 Å². The van der Waals surface area contributed by atoms with E-state index >= 15 is 0 Å². The third-order valence-corrected chi connectivity index (χ3v) is 4.83. The molecule has 0 unspecified atom stereocenters. The summed E-state index contributed by atoms with van der Waals surface area (Å²) in [6.07, 6.45) is 2.12. The van der Waals surface area contributed by atoms with Gasteiger partial charge in [0.05, 0.1) is 12.7 Å². The summed E-state index contributed by atoms with van der Waals surface area (Å²) in [5.74, 6) is -0.670. The lowest BCUT2D eigenvalue weighted by Crippen LogP contribution is -2.24. The van der Waals surface area contributed by atoms with Crippen LogP contribution in [0.15, 0.2) is 47.4 Å². The van der Waals surface area contributed by atoms with Gasteiger partial charge in [-0.05, 0) is 30.2 Å². The molecule has 0 aliphatic heterocycles. The monoisotopic (exact) mass is 353 g/mol. The molecule has 0 radical (unpaired) electrons. The van der Waals surface area contributed by atoms with E-state index in [0.717, 1.165) is 5.52 Å². The van der Waals surface area contributed by atoms with Gasteiger partial charge in [-0.3, -0.25) is 4.79 Å². The zero-order chi connectivity index (χ0) is 18.4. The molecule has 2 aromatic heterocycles. The summed E-state index contributed by atoms with van der Waals surface area (Å²) in [6.45, 7) is 1.92. The number of hydrogen-bond acceptors (Lipinski definition) is 2. The molecule has 0 spiro atoms. The second kappa shape index (κ2) is 6.05. The van der Waals surface area contributed by atoms with E-state index in [1.54, 1.807) is 42.1 Å². The lowest BCUT2D eigenvalue weighted by atomic mass is 10.1. The summed E-state index contributed by atoms with van der Waals surface area (Å²) in [5.41, 5.74) is 1.87. The highest BCUT2D eigenvalue weighted by molar-refractivity contribution is 6.07. The van der Waals surface area contributed by atoms with E-state index in [9.17, 15) is 13.6 Å². The fraction of sp³-hybridized carbons (Fsp3) is 0.200. The highest BCUT2D eigenvalue weighted by Gasteiger charge is 2.16. The Labute approximate surface area is 148 Å². The van der Waals surface area contributed by atoms with Gasteiger partial charge in [0.15, 0.2) is 0 Å². The Bertz CT molecular complexity index is 1210. The zero-order valence-corrected chi connectivity index (χ0v) is 14.5. The van der Waals surface area contributed by atoms with Crippen molar-refractivity contribution in [1.82, 2.24) is 14.3 Å². The maximum absolute atomic E-state index is 14.2. The zero-order valence-electron chi connectivity index (χ0n) is 14.5. The van der Waals surface area contributed by atoms with Crippen LogP contribution in [0.5, 0.6) is 0 Å². The van der Waals surface area contributed by atoms with Gasteiger partial charge in [0, 0.05) is 28.9 Å². The second-order valence-corrected chi connectivity index (χ2v) is 6.33. The Kier molecular flexibility index (Phi) is 3.83. The lowest BCUT2D eigenvalue weighted by Gasteiger charge is -2.06. The molecule has 132 valence electrons. The van der Waals surface area contributed by atoms with Crippen LogP contribution in [0.4, 0.5) is 8.78 Å². The normalized spacial score (nSPS) is 11.5. The molecule has 0 aliphatic rings. The molecule has 4 nitrogen and oxygen atoms in total. The quantitative estimate of drug-likeness (QED) is 0.562. The third kappa shape index (κ3) is 2.41. The van der Waals surface area contributed by atoms with Gasteiger partial charge in [-0.25, -0.2) is 13.5 Å². The van der Waals surface area contributed by atoms with Crippen molar-refractivity contribution in [2.75, 3.05) is 0 Å². The van der Waals surface area contributed by atoms with Crippen molar-refractivity contribution in [3.8, 4) is 0 Å². The smallest absolute Gasteiger partial charge is 0.291 e. The molecule has 6 heteroatoms. The number of benzene rings is 2. The van der Waals surface area contributed by atoms with Crippen LogP contribution in [0.25, 0.3) is 21.8 Å². The molecule has 2 heterocycles. The van der Waals surface area contributed by atoms with Gasteiger partial charge in [-0.1, -0.05) is 25.1 Å². The number of hydrogen-bond donors (Lipinski definition) is 0. The summed E-state index contributed by atoms with van der Waals surface area (Å²) < 4.78 is 31.1. The summed E-state index contributed by atoms with van der Waals surface area (Å²) in [4.78, 5) is 12.9. The van der Waals surface area contributed by atoms with Gasteiger partial charge in [0.25, 0.3) is 5.56 Å². The fourth-order valence-electron chi connectivity index (χ4n) is 3.39. The van der Waals surface area contributed by atoms with Gasteiger partial charge < -0.3 is 4.57 Å². The van der Waals surface area contributed by atoms with E-state index in [2.05, 4.69) is 5.10 Å². The third-order valence-electron chi connectivity index (χ3n) is 4.83. The first-order valence-electron chi connectivity index (χ1n) is 8.41. The minimum atomic E-state index is -0.381. The van der Waals surface area contributed by atoms with Crippen LogP contribution < -0.4 is 5.56 Å². The minimum absolute atomic E-state index is 0.0392. The average molecular weight is 353 g/mol. The van der Waals surface area contributed by atoms with Gasteiger partial charge in [-0.15, -0.1) is 0 Å². The van der Waals surface area contributed by atoms with Crippen molar-refractivity contribution < 1.29 is 8.78 Å². The molecule has 0 atom stereocenters. The molecule has 0 saturated heterocycles. The molecule has 0 N–H and O–H groups in total. The molecular weight excluding hydrogens is 336 g/mol. The van der Waals surface area contributed by atoms with Crippen LogP contribution in [0, 0.1) is 11.6 Å². The molecule has 2 aromatic carbocycles. The number of aromatic nitrogens is 3. The predicted molar refractivity (Wildman–Crippen MR) is 97.3 cm³/mol. The Morgan fingerprint density at radius 3 is 2.54 bits per heavy atom. The largest absolute Gasteiger partial charge is 0.339 e. The van der Waals surface area contributed by atoms with Crippen molar-refractivity contribution in [3.05, 3.63) is 75.7 Å². The van der Waals surface area contributed by atoms with Gasteiger partial charge in [-0.2, -0.15) is 5.10 Å². The number of rotatable bonds is 3. The van der Waals surface area contributed by atoms with Gasteiger partial charge >= 0.3 is 0 Å². The molecule has 0 aliphatic carbocycles. The van der Waals surface area contributed by atoms with E-state index in [1.807, 2.05) is 6.92 Å². The van der Waals surface area contributed by atoms with Crippen molar-refractivity contribution in [2.45, 2.75) is 19.9 Å². The molecular formula is C20H17F2N3O. The molecule has 0 amide bonds. The molecule has 4 rings (SSSR count). The van der Waals surface area contributed by atoms with Crippen LogP contribution in [-0.4, -0.2) is 14.3 Å². The second-order valence-electron chi connectivity index (χ2n) is 6.33. The van der Waals surface area contributed by atoms with E-state index in [-0.39, 0.29) is 23.7 Å². The first-order valence-corrected chi connectivity index (χ1v) is 8.41. The molecule has 26 heavy (non-hydrogen) atoms. The average Bonchev–Trinajstić information content (AvgIpc) is 2.90. The fourth-order valence-corrected chi connectivity index (χ4v) is 3.39. The van der Waals surface area contributed by atoms with E-state index in [4.69, 9.17) is 0 Å². The Balaban J connectivity index is 1.96. The number of halogens is 2. The number of aryl methyl sites for hydroxylation is 2. The van der Waals surface area contributed by atoms with Crippen LogP contribution in [0.1, 0.15) is 18.1 Å². The SMILES string of the molecule is CCc1cc2c(cc1F)c1cnn(Cc3ccccc3F)c(=O)c1n2C. The summed E-state index contributed by atoms with van der Waals surface area (Å²) in [7, 11) is 1.77. The first kappa shape index (κ1) is 16.4. The molecule has 0 bridgehead atoms. The molecule has 0 fully saturated rings. The van der Waals surface area contributed by atoms with Gasteiger partial charge in [0.1, 0.15) is 17.2 Å². The Hall–Kier alpha value is -3.02. The van der Waals surface area contributed by atoms with Crippen molar-refractivity contribution in [2.24, 2.45) is 7.05 Å². The maximum atomic E-state index is 14.2. The Morgan fingerprint density at radius 1 is 1.04 bits per heavy atom. The van der Waals surface area contributed by atoms with Crippen LogP contribution in [0.2, 0.25) is 0 Å². The lowest BCUT2D eigenvalue weighted by molar-refractivity contribution is 0.574. The van der Waals surface area contributed by atoms with E-state index < -0.39 is 0 Å². The summed E-state index contributed by atoms with van der Waals surface area (Å²) in [5, 5.41) is 5.43. The Morgan fingerprint density at radius 2 is 1.81 bits per heavy atom. The summed E-state index contributed by atoms with van der Waals surface area (Å²) >= 11 is 0.